The van der Waals surface area contributed by atoms with Gasteiger partial charge in [-0.2, -0.15) is 0 Å². The number of hydrogen-bond donors (Lipinski definition) is 1. The Morgan fingerprint density at radius 3 is 2.60 bits per heavy atom. The van der Waals surface area contributed by atoms with Crippen molar-refractivity contribution < 1.29 is 14.2 Å². The smallest absolute Gasteiger partial charge is 0.163 e. The molecule has 6 nitrogen and oxygen atoms in total. The highest BCUT2D eigenvalue weighted by molar-refractivity contribution is 8.00. The first-order chi connectivity index (χ1) is 12.3. The average Bonchev–Trinajstić information content (AvgIpc) is 2.66. The molecule has 1 heterocycles. The molecule has 0 aliphatic heterocycles. The van der Waals surface area contributed by atoms with Gasteiger partial charge in [0.05, 0.1) is 19.2 Å². The van der Waals surface area contributed by atoms with E-state index in [0.717, 1.165) is 21.6 Å². The summed E-state index contributed by atoms with van der Waals surface area (Å²) in [7, 11) is 3.25. The van der Waals surface area contributed by atoms with Gasteiger partial charge in [0.15, 0.2) is 11.5 Å². The van der Waals surface area contributed by atoms with E-state index in [0.29, 0.717) is 24.7 Å². The lowest BCUT2D eigenvalue weighted by atomic mass is 10.2. The molecule has 2 aromatic carbocycles. The zero-order valence-corrected chi connectivity index (χ0v) is 14.9. The standard InChI is InChI=1S/C18H19N3O3S/c1-22-8-9-24-17-11-15-14(10-16(17)23-2)18(20-12-19-15)25-21-13-6-4-3-5-7-13/h3-7,10-12,21H,8-9H2,1-2H3. The minimum absolute atomic E-state index is 0.445. The Morgan fingerprint density at radius 1 is 1.00 bits per heavy atom. The fourth-order valence-corrected chi connectivity index (χ4v) is 2.97. The lowest BCUT2D eigenvalue weighted by Crippen LogP contribution is -2.05. The molecular weight excluding hydrogens is 338 g/mol. The number of nitrogens with one attached hydrogen (secondary N) is 1. The number of nitrogens with zero attached hydrogens (tertiary/aromatic N) is 2. The quantitative estimate of drug-likeness (QED) is 0.374. The van der Waals surface area contributed by atoms with Crippen molar-refractivity contribution in [2.45, 2.75) is 5.03 Å². The number of ether oxygens (including phenoxy) is 3. The Balaban J connectivity index is 1.86. The number of aromatic nitrogens is 2. The molecule has 0 aliphatic rings. The van der Waals surface area contributed by atoms with Crippen LogP contribution in [0.5, 0.6) is 11.5 Å². The van der Waals surface area contributed by atoms with Gasteiger partial charge in [0, 0.05) is 36.2 Å². The third-order valence-electron chi connectivity index (χ3n) is 3.47. The summed E-state index contributed by atoms with van der Waals surface area (Å²) in [6.45, 7) is 0.952. The molecule has 7 heteroatoms. The number of anilines is 1. The summed E-state index contributed by atoms with van der Waals surface area (Å²) in [5.41, 5.74) is 1.80. The average molecular weight is 357 g/mol. The second-order valence-corrected chi connectivity index (χ2v) is 5.91. The molecule has 130 valence electrons. The van der Waals surface area contributed by atoms with Crippen LogP contribution in [0.25, 0.3) is 10.9 Å². The summed E-state index contributed by atoms with van der Waals surface area (Å²) < 4.78 is 19.5. The fraction of sp³-hybridized carbons (Fsp3) is 0.222. The number of para-hydroxylation sites is 1. The van der Waals surface area contributed by atoms with Crippen molar-refractivity contribution in [3.63, 3.8) is 0 Å². The monoisotopic (exact) mass is 357 g/mol. The van der Waals surface area contributed by atoms with Crippen LogP contribution >= 0.6 is 11.9 Å². The van der Waals surface area contributed by atoms with Crippen LogP contribution in [-0.4, -0.2) is 37.4 Å². The largest absolute Gasteiger partial charge is 0.493 e. The maximum atomic E-state index is 5.71. The van der Waals surface area contributed by atoms with Gasteiger partial charge in [-0.05, 0) is 18.2 Å². The highest BCUT2D eigenvalue weighted by Gasteiger charge is 2.12. The van der Waals surface area contributed by atoms with E-state index >= 15 is 0 Å². The topological polar surface area (TPSA) is 65.5 Å². The van der Waals surface area contributed by atoms with Gasteiger partial charge in [-0.3, -0.25) is 0 Å². The lowest BCUT2D eigenvalue weighted by molar-refractivity contribution is 0.144. The minimum atomic E-state index is 0.445. The number of benzene rings is 2. The molecule has 0 fully saturated rings. The highest BCUT2D eigenvalue weighted by atomic mass is 32.2. The molecule has 1 N–H and O–H groups in total. The first-order valence-electron chi connectivity index (χ1n) is 7.74. The molecule has 0 radical (unpaired) electrons. The van der Waals surface area contributed by atoms with Crippen LogP contribution in [0.2, 0.25) is 0 Å². The fourth-order valence-electron chi connectivity index (χ4n) is 2.24. The summed E-state index contributed by atoms with van der Waals surface area (Å²) in [5, 5.41) is 1.71. The van der Waals surface area contributed by atoms with Gasteiger partial charge in [-0.25, -0.2) is 9.97 Å². The molecular formula is C18H19N3O3S. The molecule has 3 aromatic rings. The van der Waals surface area contributed by atoms with Crippen molar-refractivity contribution in [2.24, 2.45) is 0 Å². The molecule has 0 bridgehead atoms. The lowest BCUT2D eigenvalue weighted by Gasteiger charge is -2.13. The molecule has 0 aliphatic carbocycles. The van der Waals surface area contributed by atoms with Gasteiger partial charge in [-0.1, -0.05) is 18.2 Å². The Bertz CT molecular complexity index is 830. The Kier molecular flexibility index (Phi) is 5.92. The van der Waals surface area contributed by atoms with Crippen LogP contribution in [0.4, 0.5) is 5.69 Å². The normalized spacial score (nSPS) is 10.6. The van der Waals surface area contributed by atoms with E-state index in [4.69, 9.17) is 14.2 Å². The second-order valence-electron chi connectivity index (χ2n) is 5.11. The Hall–Kier alpha value is -2.51. The summed E-state index contributed by atoms with van der Waals surface area (Å²) in [6.07, 6.45) is 1.54. The van der Waals surface area contributed by atoms with E-state index in [1.54, 1.807) is 20.5 Å². The van der Waals surface area contributed by atoms with E-state index in [9.17, 15) is 0 Å². The summed E-state index contributed by atoms with van der Waals surface area (Å²) in [6, 6.07) is 13.7. The maximum Gasteiger partial charge on any atom is 0.163 e. The first kappa shape index (κ1) is 17.3. The summed E-state index contributed by atoms with van der Waals surface area (Å²) in [4.78, 5) is 8.72. The predicted molar refractivity (Wildman–Crippen MR) is 99.4 cm³/mol. The van der Waals surface area contributed by atoms with Crippen molar-refractivity contribution in [3.05, 3.63) is 48.8 Å². The van der Waals surface area contributed by atoms with Gasteiger partial charge >= 0.3 is 0 Å². The van der Waals surface area contributed by atoms with Crippen LogP contribution < -0.4 is 14.2 Å². The third kappa shape index (κ3) is 4.32. The molecule has 1 aromatic heterocycles. The van der Waals surface area contributed by atoms with Gasteiger partial charge in [0.1, 0.15) is 18.0 Å². The van der Waals surface area contributed by atoms with E-state index in [-0.39, 0.29) is 0 Å². The molecule has 3 rings (SSSR count). The van der Waals surface area contributed by atoms with Crippen LogP contribution in [0.1, 0.15) is 0 Å². The molecule has 0 unspecified atom stereocenters. The van der Waals surface area contributed by atoms with Crippen LogP contribution in [0.15, 0.2) is 53.8 Å². The molecule has 0 spiro atoms. The second kappa shape index (κ2) is 8.55. The summed E-state index contributed by atoms with van der Waals surface area (Å²) >= 11 is 1.43. The molecule has 0 amide bonds. The third-order valence-corrected chi connectivity index (χ3v) is 4.32. The van der Waals surface area contributed by atoms with Crippen molar-refractivity contribution in [3.8, 4) is 11.5 Å². The van der Waals surface area contributed by atoms with Crippen LogP contribution in [0.3, 0.4) is 0 Å². The first-order valence-corrected chi connectivity index (χ1v) is 8.56. The zero-order valence-electron chi connectivity index (χ0n) is 14.1. The van der Waals surface area contributed by atoms with Gasteiger partial charge < -0.3 is 18.9 Å². The van der Waals surface area contributed by atoms with E-state index in [1.807, 2.05) is 42.5 Å². The van der Waals surface area contributed by atoms with E-state index in [2.05, 4.69) is 14.7 Å². The maximum absolute atomic E-state index is 5.71. The van der Waals surface area contributed by atoms with Crippen molar-refractivity contribution in [2.75, 3.05) is 32.2 Å². The zero-order chi connectivity index (χ0) is 17.5. The van der Waals surface area contributed by atoms with Crippen LogP contribution in [0, 0.1) is 0 Å². The molecule has 0 saturated carbocycles. The molecule has 25 heavy (non-hydrogen) atoms. The minimum Gasteiger partial charge on any atom is -0.493 e. The van der Waals surface area contributed by atoms with Crippen LogP contribution in [-0.2, 0) is 4.74 Å². The van der Waals surface area contributed by atoms with Gasteiger partial charge in [0.2, 0.25) is 0 Å². The molecule has 0 saturated heterocycles. The predicted octanol–water partition coefficient (Wildman–Crippen LogP) is 3.78. The van der Waals surface area contributed by atoms with E-state index < -0.39 is 0 Å². The van der Waals surface area contributed by atoms with Crippen molar-refractivity contribution in [1.82, 2.24) is 9.97 Å². The number of methoxy groups -OCH3 is 2. The van der Waals surface area contributed by atoms with Crippen molar-refractivity contribution in [1.29, 1.82) is 0 Å². The highest BCUT2D eigenvalue weighted by Crippen LogP contribution is 2.35. The van der Waals surface area contributed by atoms with E-state index in [1.165, 1.54) is 11.9 Å². The number of hydrogen-bond acceptors (Lipinski definition) is 7. The Labute approximate surface area is 150 Å². The van der Waals surface area contributed by atoms with Crippen molar-refractivity contribution >= 4 is 28.5 Å². The van der Waals surface area contributed by atoms with Gasteiger partial charge in [0.25, 0.3) is 0 Å². The number of fused-ring (bicyclic) bond motifs is 1. The van der Waals surface area contributed by atoms with Gasteiger partial charge in [-0.15, -0.1) is 0 Å². The number of rotatable bonds is 8. The Morgan fingerprint density at radius 2 is 1.84 bits per heavy atom. The molecule has 0 atom stereocenters. The SMILES string of the molecule is COCCOc1cc2ncnc(SNc3ccccc3)c2cc1OC. The summed E-state index contributed by atoms with van der Waals surface area (Å²) in [5.74, 6) is 1.28.